The van der Waals surface area contributed by atoms with E-state index in [0.29, 0.717) is 11.8 Å². The summed E-state index contributed by atoms with van der Waals surface area (Å²) in [7, 11) is 3.38. The molecule has 0 saturated carbocycles. The molecule has 1 aromatic carbocycles. The number of benzene rings is 1. The number of rotatable bonds is 6. The number of likely N-dealkylation sites (N-methyl/N-ethyl adjacent to an activating group) is 1. The Labute approximate surface area is 126 Å². The largest absolute Gasteiger partial charge is 0.482 e. The maximum atomic E-state index is 11.0. The van der Waals surface area contributed by atoms with Crippen LogP contribution in [0.3, 0.4) is 0 Å². The zero-order chi connectivity index (χ0) is 15.1. The number of hydrogen-bond donors (Lipinski definition) is 1. The van der Waals surface area contributed by atoms with E-state index in [2.05, 4.69) is 27.1 Å². The third-order valence-corrected chi connectivity index (χ3v) is 3.83. The third kappa shape index (κ3) is 5.02. The first-order valence-corrected chi connectivity index (χ1v) is 7.39. The highest BCUT2D eigenvalue weighted by molar-refractivity contribution is 5.70. The van der Waals surface area contributed by atoms with Crippen molar-refractivity contribution < 1.29 is 14.3 Å². The Bertz CT molecular complexity index is 447. The Morgan fingerprint density at radius 3 is 2.81 bits per heavy atom. The average molecular weight is 292 g/mol. The van der Waals surface area contributed by atoms with Crippen LogP contribution in [0.5, 0.6) is 5.75 Å². The Balaban J connectivity index is 1.83. The molecule has 0 aliphatic carbocycles. The van der Waals surface area contributed by atoms with Gasteiger partial charge in [0.05, 0.1) is 7.11 Å². The molecule has 1 atom stereocenters. The second-order valence-corrected chi connectivity index (χ2v) is 5.37. The third-order valence-electron chi connectivity index (χ3n) is 3.83. The molecule has 1 aromatic rings. The van der Waals surface area contributed by atoms with Crippen LogP contribution in [0.15, 0.2) is 24.3 Å². The van der Waals surface area contributed by atoms with Crippen LogP contribution >= 0.6 is 0 Å². The highest BCUT2D eigenvalue weighted by atomic mass is 16.6. The van der Waals surface area contributed by atoms with E-state index in [-0.39, 0.29) is 12.6 Å². The van der Waals surface area contributed by atoms with Gasteiger partial charge in [0.2, 0.25) is 0 Å². The number of piperidine rings is 1. The summed E-state index contributed by atoms with van der Waals surface area (Å²) in [5.41, 5.74) is 1.26. The zero-order valence-electron chi connectivity index (χ0n) is 12.8. The Kier molecular flexibility index (Phi) is 6.02. The van der Waals surface area contributed by atoms with Crippen molar-refractivity contribution in [1.82, 2.24) is 10.2 Å². The lowest BCUT2D eigenvalue weighted by atomic mass is 10.1. The van der Waals surface area contributed by atoms with Crippen LogP contribution in [0, 0.1) is 0 Å². The minimum Gasteiger partial charge on any atom is -0.482 e. The molecule has 5 nitrogen and oxygen atoms in total. The van der Waals surface area contributed by atoms with Gasteiger partial charge >= 0.3 is 5.97 Å². The smallest absolute Gasteiger partial charge is 0.343 e. The van der Waals surface area contributed by atoms with Crippen molar-refractivity contribution in [3.05, 3.63) is 29.8 Å². The highest BCUT2D eigenvalue weighted by Gasteiger charge is 2.18. The maximum Gasteiger partial charge on any atom is 0.343 e. The number of likely N-dealkylation sites (tertiary alicyclic amines) is 1. The first kappa shape index (κ1) is 15.8. The Morgan fingerprint density at radius 2 is 2.14 bits per heavy atom. The summed E-state index contributed by atoms with van der Waals surface area (Å²) in [6.45, 7) is 3.15. The van der Waals surface area contributed by atoms with Crippen molar-refractivity contribution >= 4 is 5.97 Å². The van der Waals surface area contributed by atoms with Gasteiger partial charge in [0.1, 0.15) is 5.75 Å². The molecule has 1 heterocycles. The summed E-state index contributed by atoms with van der Waals surface area (Å²) in [6.07, 6.45) is 2.50. The van der Waals surface area contributed by atoms with Crippen LogP contribution in [0.25, 0.3) is 0 Å². The van der Waals surface area contributed by atoms with Gasteiger partial charge in [0.15, 0.2) is 6.61 Å². The van der Waals surface area contributed by atoms with Gasteiger partial charge in [0.25, 0.3) is 0 Å². The van der Waals surface area contributed by atoms with Gasteiger partial charge in [0, 0.05) is 19.1 Å². The van der Waals surface area contributed by atoms with Gasteiger partial charge in [-0.15, -0.1) is 0 Å². The molecule has 0 radical (unpaired) electrons. The van der Waals surface area contributed by atoms with Crippen LogP contribution in [-0.4, -0.2) is 50.8 Å². The second kappa shape index (κ2) is 8.00. The summed E-state index contributed by atoms with van der Waals surface area (Å²) >= 11 is 0. The molecule has 0 aromatic heterocycles. The number of ether oxygens (including phenoxy) is 2. The lowest BCUT2D eigenvalue weighted by Crippen LogP contribution is -2.43. The predicted octanol–water partition coefficient (Wildman–Crippen LogP) is 1.42. The van der Waals surface area contributed by atoms with Crippen LogP contribution < -0.4 is 10.1 Å². The van der Waals surface area contributed by atoms with E-state index in [1.54, 1.807) is 0 Å². The second-order valence-electron chi connectivity index (χ2n) is 5.37. The van der Waals surface area contributed by atoms with E-state index in [9.17, 15) is 4.79 Å². The fourth-order valence-electron chi connectivity index (χ4n) is 2.59. The van der Waals surface area contributed by atoms with E-state index in [4.69, 9.17) is 4.74 Å². The van der Waals surface area contributed by atoms with Gasteiger partial charge in [-0.25, -0.2) is 4.79 Å². The molecule has 1 aliphatic rings. The van der Waals surface area contributed by atoms with Crippen LogP contribution in [0.1, 0.15) is 18.4 Å². The summed E-state index contributed by atoms with van der Waals surface area (Å²) in [5, 5.41) is 3.36. The van der Waals surface area contributed by atoms with Crippen molar-refractivity contribution in [2.45, 2.75) is 25.4 Å². The molecule has 1 fully saturated rings. The van der Waals surface area contributed by atoms with Gasteiger partial charge in [-0.1, -0.05) is 12.1 Å². The molecule has 1 aliphatic heterocycles. The number of esters is 1. The van der Waals surface area contributed by atoms with Crippen molar-refractivity contribution in [1.29, 1.82) is 0 Å². The highest BCUT2D eigenvalue weighted by Crippen LogP contribution is 2.16. The van der Waals surface area contributed by atoms with Gasteiger partial charge in [-0.3, -0.25) is 4.90 Å². The summed E-state index contributed by atoms with van der Waals surface area (Å²) in [5.74, 6) is 0.321. The van der Waals surface area contributed by atoms with E-state index in [0.717, 1.165) is 19.6 Å². The standard InChI is InChI=1S/C16H24N2O3/c1-17-14-4-3-9-18(11-14)10-13-5-7-15(8-6-13)21-12-16(19)20-2/h5-8,14,17H,3-4,9-12H2,1-2H3. The lowest BCUT2D eigenvalue weighted by molar-refractivity contribution is -0.142. The Hall–Kier alpha value is -1.59. The number of carbonyl (C=O) groups is 1. The Morgan fingerprint density at radius 1 is 1.38 bits per heavy atom. The molecule has 21 heavy (non-hydrogen) atoms. The van der Waals surface area contributed by atoms with Gasteiger partial charge < -0.3 is 14.8 Å². The first-order valence-electron chi connectivity index (χ1n) is 7.39. The lowest BCUT2D eigenvalue weighted by Gasteiger charge is -2.32. The summed E-state index contributed by atoms with van der Waals surface area (Å²) in [4.78, 5) is 13.5. The minimum atomic E-state index is -0.370. The number of hydrogen-bond acceptors (Lipinski definition) is 5. The van der Waals surface area contributed by atoms with E-state index >= 15 is 0 Å². The quantitative estimate of drug-likeness (QED) is 0.804. The molecule has 1 saturated heterocycles. The molecule has 5 heteroatoms. The van der Waals surface area contributed by atoms with E-state index in [1.807, 2.05) is 19.2 Å². The number of carbonyl (C=O) groups excluding carboxylic acids is 1. The van der Waals surface area contributed by atoms with Crippen LogP contribution in [0.4, 0.5) is 0 Å². The van der Waals surface area contributed by atoms with Crippen molar-refractivity contribution in [3.63, 3.8) is 0 Å². The average Bonchev–Trinajstić information content (AvgIpc) is 2.54. The molecule has 0 amide bonds. The summed E-state index contributed by atoms with van der Waals surface area (Å²) < 4.78 is 9.88. The molecule has 1 unspecified atom stereocenters. The molecule has 116 valence electrons. The normalized spacial score (nSPS) is 19.2. The van der Waals surface area contributed by atoms with Gasteiger partial charge in [-0.2, -0.15) is 0 Å². The molecule has 1 N–H and O–H groups in total. The zero-order valence-corrected chi connectivity index (χ0v) is 12.8. The van der Waals surface area contributed by atoms with E-state index in [1.165, 1.54) is 25.5 Å². The summed E-state index contributed by atoms with van der Waals surface area (Å²) in [6, 6.07) is 8.50. The maximum absolute atomic E-state index is 11.0. The van der Waals surface area contributed by atoms with Crippen molar-refractivity contribution in [2.24, 2.45) is 0 Å². The minimum absolute atomic E-state index is 0.0498. The van der Waals surface area contributed by atoms with Crippen LogP contribution in [-0.2, 0) is 16.1 Å². The van der Waals surface area contributed by atoms with E-state index < -0.39 is 0 Å². The molecule has 0 spiro atoms. The SMILES string of the molecule is CNC1CCCN(Cc2ccc(OCC(=O)OC)cc2)C1. The van der Waals surface area contributed by atoms with Gasteiger partial charge in [-0.05, 0) is 44.1 Å². The van der Waals surface area contributed by atoms with Crippen LogP contribution in [0.2, 0.25) is 0 Å². The topological polar surface area (TPSA) is 50.8 Å². The molecule has 2 rings (SSSR count). The predicted molar refractivity (Wildman–Crippen MR) is 81.3 cm³/mol. The number of nitrogens with zero attached hydrogens (tertiary/aromatic N) is 1. The fourth-order valence-corrected chi connectivity index (χ4v) is 2.59. The van der Waals surface area contributed by atoms with Crippen molar-refractivity contribution in [3.8, 4) is 5.75 Å². The monoisotopic (exact) mass is 292 g/mol. The number of methoxy groups -OCH3 is 1. The molecular weight excluding hydrogens is 268 g/mol. The molecular formula is C16H24N2O3. The van der Waals surface area contributed by atoms with Crippen molar-refractivity contribution in [2.75, 3.05) is 33.9 Å². The molecule has 0 bridgehead atoms. The first-order chi connectivity index (χ1) is 10.2. The number of nitrogens with one attached hydrogen (secondary N) is 1. The fraction of sp³-hybridized carbons (Fsp3) is 0.562.